The van der Waals surface area contributed by atoms with E-state index in [1.54, 1.807) is 24.3 Å². The SMILES string of the molecule is O=[N+]=C=c1ccc(=C=NO)cc1. The summed E-state index contributed by atoms with van der Waals surface area (Å²) in [7, 11) is 0. The van der Waals surface area contributed by atoms with Crippen molar-refractivity contribution < 1.29 is 5.21 Å². The van der Waals surface area contributed by atoms with Gasteiger partial charge < -0.3 is 5.21 Å². The Kier molecular flexibility index (Phi) is 2.61. The Labute approximate surface area is 67.5 Å². The minimum Gasteiger partial charge on any atom is -0.404 e. The van der Waals surface area contributed by atoms with Gasteiger partial charge in [-0.3, -0.25) is 0 Å². The molecular formula is C8H5N2O2+. The van der Waals surface area contributed by atoms with Crippen LogP contribution in [0, 0.1) is 4.91 Å². The Morgan fingerprint density at radius 3 is 2.33 bits per heavy atom. The van der Waals surface area contributed by atoms with Gasteiger partial charge in [-0.05, 0) is 29.4 Å². The molecule has 12 heavy (non-hydrogen) atoms. The molecule has 0 spiro atoms. The smallest absolute Gasteiger partial charge is 0.392 e. The summed E-state index contributed by atoms with van der Waals surface area (Å²) in [6.45, 7) is 0. The second-order valence-electron chi connectivity index (χ2n) is 1.99. The molecule has 0 radical (unpaired) electrons. The molecule has 0 aliphatic heterocycles. The molecule has 1 N–H and O–H groups in total. The van der Waals surface area contributed by atoms with E-state index >= 15 is 0 Å². The van der Waals surface area contributed by atoms with Crippen molar-refractivity contribution in [3.05, 3.63) is 39.6 Å². The first-order valence-electron chi connectivity index (χ1n) is 3.15. The quantitative estimate of drug-likeness (QED) is 0.220. The van der Waals surface area contributed by atoms with Crippen molar-refractivity contribution in [2.45, 2.75) is 0 Å². The van der Waals surface area contributed by atoms with Crippen molar-refractivity contribution >= 4 is 11.7 Å². The van der Waals surface area contributed by atoms with Gasteiger partial charge in [0.05, 0.1) is 0 Å². The predicted molar refractivity (Wildman–Crippen MR) is 43.6 cm³/mol. The summed E-state index contributed by atoms with van der Waals surface area (Å²) in [6, 6.07) is 6.50. The summed E-state index contributed by atoms with van der Waals surface area (Å²) >= 11 is 0. The molecule has 4 heteroatoms. The van der Waals surface area contributed by atoms with E-state index in [-0.39, 0.29) is 0 Å². The fourth-order valence-corrected chi connectivity index (χ4v) is 0.730. The summed E-state index contributed by atoms with van der Waals surface area (Å²) in [4.78, 5) is 12.2. The normalized spacial score (nSPS) is 7.67. The summed E-state index contributed by atoms with van der Waals surface area (Å²) in [5, 5.41) is 12.0. The van der Waals surface area contributed by atoms with E-state index in [0.29, 0.717) is 10.4 Å². The lowest BCUT2D eigenvalue weighted by atomic mass is 10.3. The molecule has 0 amide bonds. The zero-order chi connectivity index (χ0) is 8.81. The molecule has 0 saturated carbocycles. The van der Waals surface area contributed by atoms with E-state index in [9.17, 15) is 4.91 Å². The largest absolute Gasteiger partial charge is 0.404 e. The zero-order valence-corrected chi connectivity index (χ0v) is 6.06. The van der Waals surface area contributed by atoms with E-state index in [2.05, 4.69) is 21.7 Å². The van der Waals surface area contributed by atoms with Crippen LogP contribution in [0.3, 0.4) is 0 Å². The lowest BCUT2D eigenvalue weighted by Gasteiger charge is -1.75. The predicted octanol–water partition coefficient (Wildman–Crippen LogP) is -1.41. The van der Waals surface area contributed by atoms with Crippen LogP contribution in [-0.2, 0) is 0 Å². The maximum atomic E-state index is 9.75. The van der Waals surface area contributed by atoms with Gasteiger partial charge in [-0.15, -0.1) is 0 Å². The Morgan fingerprint density at radius 1 is 1.25 bits per heavy atom. The van der Waals surface area contributed by atoms with E-state index in [1.165, 1.54) is 0 Å². The van der Waals surface area contributed by atoms with Crippen molar-refractivity contribution in [2.24, 2.45) is 5.16 Å². The van der Waals surface area contributed by atoms with Gasteiger partial charge >= 0.3 is 5.87 Å². The molecule has 0 atom stereocenters. The molecule has 1 rings (SSSR count). The van der Waals surface area contributed by atoms with Crippen molar-refractivity contribution in [3.63, 3.8) is 0 Å². The zero-order valence-electron chi connectivity index (χ0n) is 6.06. The molecule has 0 fully saturated rings. The standard InChI is InChI=1S/C8H4N2O2/c11-9-5-7-1-2-8(4-3-7)6-10-12/h1-4H/p+1. The molecule has 0 heterocycles. The minimum absolute atomic E-state index is 0.577. The third kappa shape index (κ3) is 1.94. The van der Waals surface area contributed by atoms with Crippen LogP contribution in [0.25, 0.3) is 0 Å². The number of nitrogens with zero attached hydrogens (tertiary/aromatic N) is 2. The summed E-state index contributed by atoms with van der Waals surface area (Å²) < 4.78 is 0. The van der Waals surface area contributed by atoms with Gasteiger partial charge in [0.25, 0.3) is 4.85 Å². The monoisotopic (exact) mass is 161 g/mol. The van der Waals surface area contributed by atoms with Gasteiger partial charge in [-0.25, -0.2) is 0 Å². The second-order valence-corrected chi connectivity index (χ2v) is 1.99. The van der Waals surface area contributed by atoms with Gasteiger partial charge in [0.15, 0.2) is 4.91 Å². The number of benzene rings is 1. The van der Waals surface area contributed by atoms with Gasteiger partial charge in [-0.2, -0.15) is 0 Å². The summed E-state index contributed by atoms with van der Waals surface area (Å²) in [5.74, 6) is 4.55. The highest BCUT2D eigenvalue weighted by atomic mass is 16.4. The van der Waals surface area contributed by atoms with Crippen LogP contribution < -0.4 is 15.3 Å². The molecule has 0 aliphatic rings. The van der Waals surface area contributed by atoms with E-state index < -0.39 is 0 Å². The summed E-state index contributed by atoms with van der Waals surface area (Å²) in [6.07, 6.45) is 0. The van der Waals surface area contributed by atoms with Crippen LogP contribution in [0.15, 0.2) is 29.4 Å². The van der Waals surface area contributed by atoms with Gasteiger partial charge in [0.1, 0.15) is 5.22 Å². The Balaban J connectivity index is 3.47. The molecule has 0 unspecified atom stereocenters. The lowest BCUT2D eigenvalue weighted by molar-refractivity contribution is 0.322. The molecule has 0 aromatic heterocycles. The second kappa shape index (κ2) is 3.91. The van der Waals surface area contributed by atoms with Gasteiger partial charge in [0.2, 0.25) is 0 Å². The van der Waals surface area contributed by atoms with Crippen molar-refractivity contribution in [2.75, 3.05) is 0 Å². The molecule has 1 aromatic carbocycles. The Morgan fingerprint density at radius 2 is 1.83 bits per heavy atom. The molecule has 1 aromatic rings. The van der Waals surface area contributed by atoms with E-state index in [4.69, 9.17) is 5.21 Å². The highest BCUT2D eigenvalue weighted by Crippen LogP contribution is 1.62. The molecular weight excluding hydrogens is 156 g/mol. The first-order valence-corrected chi connectivity index (χ1v) is 3.15. The average Bonchev–Trinajstić information content (AvgIpc) is 2.09. The van der Waals surface area contributed by atoms with Crippen LogP contribution in [0.1, 0.15) is 0 Å². The first kappa shape index (κ1) is 7.99. The number of rotatable bonds is 0. The Bertz CT molecular complexity index is 453. The molecule has 58 valence electrons. The first-order chi connectivity index (χ1) is 5.86. The van der Waals surface area contributed by atoms with Crippen LogP contribution >= 0.6 is 0 Å². The summed E-state index contributed by atoms with van der Waals surface area (Å²) in [5.41, 5.74) is 0. The van der Waals surface area contributed by atoms with Crippen LogP contribution in [0.4, 0.5) is 0 Å². The van der Waals surface area contributed by atoms with E-state index in [1.807, 2.05) is 0 Å². The topological polar surface area (TPSA) is 63.8 Å². The third-order valence-corrected chi connectivity index (χ3v) is 1.24. The van der Waals surface area contributed by atoms with Crippen LogP contribution in [0.5, 0.6) is 0 Å². The molecule has 0 aliphatic carbocycles. The van der Waals surface area contributed by atoms with Crippen molar-refractivity contribution in [1.29, 1.82) is 0 Å². The maximum absolute atomic E-state index is 9.75. The fraction of sp³-hybridized carbons (Fsp3) is 0. The van der Waals surface area contributed by atoms with Crippen molar-refractivity contribution in [1.82, 2.24) is 4.85 Å². The fourth-order valence-electron chi connectivity index (χ4n) is 0.730. The van der Waals surface area contributed by atoms with Crippen LogP contribution in [0.2, 0.25) is 0 Å². The molecule has 0 saturated heterocycles. The maximum Gasteiger partial charge on any atom is 0.392 e. The highest BCUT2D eigenvalue weighted by molar-refractivity contribution is 5.53. The number of hydrogen-bond acceptors (Lipinski definition) is 3. The minimum atomic E-state index is 0.577. The average molecular weight is 161 g/mol. The highest BCUT2D eigenvalue weighted by Gasteiger charge is 1.81. The molecule has 0 bridgehead atoms. The van der Waals surface area contributed by atoms with Crippen molar-refractivity contribution in [3.8, 4) is 0 Å². The third-order valence-electron chi connectivity index (χ3n) is 1.24. The lowest BCUT2D eigenvalue weighted by Crippen LogP contribution is -2.09. The van der Waals surface area contributed by atoms with Gasteiger partial charge in [0, 0.05) is 11.1 Å². The number of hydrogen-bond donors (Lipinski definition) is 1. The van der Waals surface area contributed by atoms with E-state index in [0.717, 1.165) is 0 Å². The van der Waals surface area contributed by atoms with Gasteiger partial charge in [-0.1, -0.05) is 0 Å². The van der Waals surface area contributed by atoms with Crippen LogP contribution in [-0.4, -0.2) is 16.9 Å². The number of nitroso groups, excluding NO2 is 1. The Hall–Kier alpha value is -2.11. The molecule has 4 nitrogen and oxygen atoms in total.